The lowest BCUT2D eigenvalue weighted by molar-refractivity contribution is -0.127. The third-order valence-corrected chi connectivity index (χ3v) is 5.00. The first-order chi connectivity index (χ1) is 15.1. The van der Waals surface area contributed by atoms with Gasteiger partial charge in [0.2, 0.25) is 5.91 Å². The van der Waals surface area contributed by atoms with E-state index >= 15 is 0 Å². The molecule has 0 saturated carbocycles. The van der Waals surface area contributed by atoms with Gasteiger partial charge in [0.25, 0.3) is 5.91 Å². The van der Waals surface area contributed by atoms with Crippen molar-refractivity contribution < 1.29 is 28.6 Å². The first kappa shape index (κ1) is 25.3. The van der Waals surface area contributed by atoms with Crippen molar-refractivity contribution >= 4 is 17.9 Å². The van der Waals surface area contributed by atoms with Crippen LogP contribution in [0.3, 0.4) is 0 Å². The Bertz CT molecular complexity index is 797. The molecule has 1 heterocycles. The Morgan fingerprint density at radius 2 is 1.78 bits per heavy atom. The largest absolute Gasteiger partial charge is 0.493 e. The van der Waals surface area contributed by atoms with Crippen LogP contribution in [0.25, 0.3) is 0 Å². The number of hydrazine groups is 1. The fraction of sp³-hybridized carbons (Fsp3) is 0.609. The topological polar surface area (TPSA) is 106 Å². The summed E-state index contributed by atoms with van der Waals surface area (Å²) in [4.78, 5) is 38.7. The van der Waals surface area contributed by atoms with Crippen LogP contribution in [0.2, 0.25) is 0 Å². The van der Waals surface area contributed by atoms with Gasteiger partial charge in [0.15, 0.2) is 11.5 Å². The fourth-order valence-corrected chi connectivity index (χ4v) is 3.20. The second kappa shape index (κ2) is 11.6. The lowest BCUT2D eigenvalue weighted by Gasteiger charge is -2.32. The van der Waals surface area contributed by atoms with Crippen LogP contribution in [0.15, 0.2) is 18.2 Å². The number of piperidine rings is 1. The number of hydrogen-bond acceptors (Lipinski definition) is 6. The Morgan fingerprint density at radius 1 is 1.09 bits per heavy atom. The molecule has 9 nitrogen and oxygen atoms in total. The monoisotopic (exact) mass is 449 g/mol. The van der Waals surface area contributed by atoms with Crippen LogP contribution < -0.4 is 20.3 Å². The third-order valence-electron chi connectivity index (χ3n) is 5.00. The summed E-state index contributed by atoms with van der Waals surface area (Å²) in [5.74, 6) is -0.0117. The molecule has 1 aliphatic rings. The number of carbonyl (C=O) groups is 3. The molecule has 0 unspecified atom stereocenters. The van der Waals surface area contributed by atoms with Gasteiger partial charge in [-0.25, -0.2) is 4.79 Å². The Kier molecular flexibility index (Phi) is 9.16. The van der Waals surface area contributed by atoms with E-state index in [1.54, 1.807) is 23.1 Å². The van der Waals surface area contributed by atoms with Gasteiger partial charge in [0, 0.05) is 24.6 Å². The van der Waals surface area contributed by atoms with Crippen LogP contribution >= 0.6 is 0 Å². The molecule has 0 radical (unpaired) electrons. The molecular formula is C23H35N3O6. The smallest absolute Gasteiger partial charge is 0.410 e. The lowest BCUT2D eigenvalue weighted by atomic mass is 9.96. The number of unbranched alkanes of at least 4 members (excludes halogenated alkanes) is 1. The summed E-state index contributed by atoms with van der Waals surface area (Å²) < 4.78 is 16.3. The zero-order valence-electron chi connectivity index (χ0n) is 19.7. The molecule has 0 atom stereocenters. The summed E-state index contributed by atoms with van der Waals surface area (Å²) in [7, 11) is 1.51. The molecule has 1 saturated heterocycles. The number of rotatable bonds is 7. The van der Waals surface area contributed by atoms with E-state index in [1.165, 1.54) is 7.11 Å². The molecule has 2 rings (SSSR count). The van der Waals surface area contributed by atoms with E-state index in [2.05, 4.69) is 17.8 Å². The van der Waals surface area contributed by atoms with Gasteiger partial charge >= 0.3 is 6.09 Å². The number of likely N-dealkylation sites (tertiary alicyclic amines) is 1. The van der Waals surface area contributed by atoms with E-state index in [1.807, 2.05) is 20.8 Å². The van der Waals surface area contributed by atoms with Gasteiger partial charge in [-0.1, -0.05) is 13.3 Å². The molecule has 1 fully saturated rings. The molecule has 0 bridgehead atoms. The standard InChI is InChI=1S/C23H35N3O6/c1-6-7-14-31-18-9-8-17(15-19(18)30-5)21(28)25-24-20(27)16-10-12-26(13-11-16)22(29)32-23(2,3)4/h8-9,15-16H,6-7,10-14H2,1-5H3,(H,24,27)(H,25,28). The highest BCUT2D eigenvalue weighted by atomic mass is 16.6. The van der Waals surface area contributed by atoms with E-state index in [9.17, 15) is 14.4 Å². The number of methoxy groups -OCH3 is 1. The molecule has 1 aromatic carbocycles. The maximum Gasteiger partial charge on any atom is 0.410 e. The average molecular weight is 450 g/mol. The van der Waals surface area contributed by atoms with Crippen LogP contribution in [0.5, 0.6) is 11.5 Å². The van der Waals surface area contributed by atoms with E-state index in [-0.39, 0.29) is 17.9 Å². The second-order valence-corrected chi connectivity index (χ2v) is 8.75. The molecule has 9 heteroatoms. The number of ether oxygens (including phenoxy) is 3. The lowest BCUT2D eigenvalue weighted by Crippen LogP contribution is -2.48. The van der Waals surface area contributed by atoms with Gasteiger partial charge in [0.1, 0.15) is 5.60 Å². The molecule has 3 amide bonds. The Labute approximate surface area is 189 Å². The summed E-state index contributed by atoms with van der Waals surface area (Å²) in [5, 5.41) is 0. The summed E-state index contributed by atoms with van der Waals surface area (Å²) >= 11 is 0. The minimum atomic E-state index is -0.557. The fourth-order valence-electron chi connectivity index (χ4n) is 3.20. The maximum absolute atomic E-state index is 12.5. The van der Waals surface area contributed by atoms with Crippen LogP contribution in [0.1, 0.15) is 63.7 Å². The van der Waals surface area contributed by atoms with Crippen LogP contribution in [0.4, 0.5) is 4.79 Å². The molecule has 1 aliphatic heterocycles. The molecular weight excluding hydrogens is 414 g/mol. The Balaban J connectivity index is 1.83. The molecule has 0 aliphatic carbocycles. The van der Waals surface area contributed by atoms with Crippen molar-refractivity contribution in [2.24, 2.45) is 5.92 Å². The number of carbonyl (C=O) groups excluding carboxylic acids is 3. The average Bonchev–Trinajstić information content (AvgIpc) is 2.76. The predicted octanol–water partition coefficient (Wildman–Crippen LogP) is 3.28. The van der Waals surface area contributed by atoms with Crippen molar-refractivity contribution in [3.05, 3.63) is 23.8 Å². The Morgan fingerprint density at radius 3 is 2.38 bits per heavy atom. The quantitative estimate of drug-likeness (QED) is 0.489. The van der Waals surface area contributed by atoms with Crippen LogP contribution in [0, 0.1) is 5.92 Å². The molecule has 32 heavy (non-hydrogen) atoms. The molecule has 0 aromatic heterocycles. The van der Waals surface area contributed by atoms with Crippen molar-refractivity contribution in [3.8, 4) is 11.5 Å². The molecule has 1 aromatic rings. The number of nitrogens with one attached hydrogen (secondary N) is 2. The molecule has 178 valence electrons. The second-order valence-electron chi connectivity index (χ2n) is 8.75. The first-order valence-corrected chi connectivity index (χ1v) is 11.0. The van der Waals surface area contributed by atoms with Gasteiger partial charge in [-0.3, -0.25) is 20.4 Å². The highest BCUT2D eigenvalue weighted by molar-refractivity contribution is 5.96. The first-order valence-electron chi connectivity index (χ1n) is 11.0. The number of nitrogens with zero attached hydrogens (tertiary/aromatic N) is 1. The minimum absolute atomic E-state index is 0.284. The number of benzene rings is 1. The minimum Gasteiger partial charge on any atom is -0.493 e. The van der Waals surface area contributed by atoms with E-state index in [4.69, 9.17) is 14.2 Å². The van der Waals surface area contributed by atoms with Gasteiger partial charge in [-0.05, 0) is 58.2 Å². The van der Waals surface area contributed by atoms with Crippen molar-refractivity contribution in [2.45, 2.75) is 59.0 Å². The summed E-state index contributed by atoms with van der Waals surface area (Å²) in [6.45, 7) is 8.95. The van der Waals surface area contributed by atoms with E-state index < -0.39 is 11.5 Å². The normalized spacial score (nSPS) is 14.5. The zero-order chi connectivity index (χ0) is 23.7. The highest BCUT2D eigenvalue weighted by Gasteiger charge is 2.30. The number of amides is 3. The van der Waals surface area contributed by atoms with Crippen LogP contribution in [-0.2, 0) is 9.53 Å². The SMILES string of the molecule is CCCCOc1ccc(C(=O)NNC(=O)C2CCN(C(=O)OC(C)(C)C)CC2)cc1OC. The summed E-state index contributed by atoms with van der Waals surface area (Å²) in [6.07, 6.45) is 2.56. The summed E-state index contributed by atoms with van der Waals surface area (Å²) in [6, 6.07) is 4.87. The van der Waals surface area contributed by atoms with Gasteiger partial charge in [0.05, 0.1) is 13.7 Å². The van der Waals surface area contributed by atoms with Crippen molar-refractivity contribution in [2.75, 3.05) is 26.8 Å². The van der Waals surface area contributed by atoms with Gasteiger partial charge in [-0.2, -0.15) is 0 Å². The highest BCUT2D eigenvalue weighted by Crippen LogP contribution is 2.28. The summed E-state index contributed by atoms with van der Waals surface area (Å²) in [5.41, 5.74) is 4.71. The predicted molar refractivity (Wildman–Crippen MR) is 120 cm³/mol. The van der Waals surface area contributed by atoms with E-state index in [0.717, 1.165) is 12.8 Å². The van der Waals surface area contributed by atoms with E-state index in [0.29, 0.717) is 49.6 Å². The van der Waals surface area contributed by atoms with Crippen molar-refractivity contribution in [1.82, 2.24) is 15.8 Å². The zero-order valence-corrected chi connectivity index (χ0v) is 19.7. The molecule has 0 spiro atoms. The van der Waals surface area contributed by atoms with Gasteiger partial charge < -0.3 is 19.1 Å². The van der Waals surface area contributed by atoms with Crippen LogP contribution in [-0.4, -0.2) is 55.2 Å². The third kappa shape index (κ3) is 7.62. The maximum atomic E-state index is 12.5. The van der Waals surface area contributed by atoms with Gasteiger partial charge in [-0.15, -0.1) is 0 Å². The van der Waals surface area contributed by atoms with Crippen molar-refractivity contribution in [1.29, 1.82) is 0 Å². The van der Waals surface area contributed by atoms with Crippen molar-refractivity contribution in [3.63, 3.8) is 0 Å². The molecule has 2 N–H and O–H groups in total. The number of hydrogen-bond donors (Lipinski definition) is 2. The Hall–Kier alpha value is -2.97.